The number of para-hydroxylation sites is 1. The van der Waals surface area contributed by atoms with Gasteiger partial charge in [0.05, 0.1) is 17.1 Å². The van der Waals surface area contributed by atoms with Gasteiger partial charge < -0.3 is 4.57 Å². The van der Waals surface area contributed by atoms with Crippen molar-refractivity contribution in [2.75, 3.05) is 6.26 Å². The van der Waals surface area contributed by atoms with Gasteiger partial charge in [0.25, 0.3) is 0 Å². The standard InChI is InChI=1S/C22H21N3O2S/c1-3-25-21-7-5-4-6-19(21)20-14-16(8-13-22(20)25)15-23-24-17-9-11-18(12-10-17)28(2,26)27/h4-14H,3,15H2,1-2H3. The van der Waals surface area contributed by atoms with Gasteiger partial charge in [-0.05, 0) is 55.0 Å². The lowest BCUT2D eigenvalue weighted by molar-refractivity contribution is 0.602. The summed E-state index contributed by atoms with van der Waals surface area (Å²) in [6, 6.07) is 21.3. The fourth-order valence-electron chi connectivity index (χ4n) is 3.50. The summed E-state index contributed by atoms with van der Waals surface area (Å²) < 4.78 is 25.3. The molecule has 1 aromatic heterocycles. The van der Waals surface area contributed by atoms with E-state index in [2.05, 4.69) is 64.2 Å². The molecule has 0 aliphatic rings. The Balaban J connectivity index is 1.60. The minimum atomic E-state index is -3.20. The second-order valence-electron chi connectivity index (χ2n) is 6.78. The van der Waals surface area contributed by atoms with E-state index >= 15 is 0 Å². The van der Waals surface area contributed by atoms with Crippen LogP contribution in [0.15, 0.2) is 81.9 Å². The van der Waals surface area contributed by atoms with Crippen LogP contribution in [-0.4, -0.2) is 19.2 Å². The molecule has 0 spiro atoms. The number of fused-ring (bicyclic) bond motifs is 3. The summed E-state index contributed by atoms with van der Waals surface area (Å²) in [5, 5.41) is 11.0. The number of azo groups is 1. The summed E-state index contributed by atoms with van der Waals surface area (Å²) >= 11 is 0. The highest BCUT2D eigenvalue weighted by atomic mass is 32.2. The second kappa shape index (κ2) is 7.20. The molecule has 0 saturated heterocycles. The molecule has 0 aliphatic carbocycles. The van der Waals surface area contributed by atoms with Gasteiger partial charge >= 0.3 is 0 Å². The van der Waals surface area contributed by atoms with Crippen molar-refractivity contribution >= 4 is 37.3 Å². The summed E-state index contributed by atoms with van der Waals surface area (Å²) in [4.78, 5) is 0.282. The summed E-state index contributed by atoms with van der Waals surface area (Å²) in [6.07, 6.45) is 1.19. The average Bonchev–Trinajstić information content (AvgIpc) is 3.01. The molecule has 5 nitrogen and oxygen atoms in total. The monoisotopic (exact) mass is 391 g/mol. The third kappa shape index (κ3) is 3.43. The van der Waals surface area contributed by atoms with E-state index in [0.29, 0.717) is 12.2 Å². The molecule has 0 unspecified atom stereocenters. The molecule has 4 rings (SSSR count). The molecule has 6 heteroatoms. The van der Waals surface area contributed by atoms with Crippen LogP contribution in [0, 0.1) is 0 Å². The third-order valence-electron chi connectivity index (χ3n) is 4.86. The Morgan fingerprint density at radius 2 is 1.61 bits per heavy atom. The van der Waals surface area contributed by atoms with Crippen molar-refractivity contribution in [2.45, 2.75) is 24.9 Å². The van der Waals surface area contributed by atoms with Gasteiger partial charge in [0.1, 0.15) is 0 Å². The van der Waals surface area contributed by atoms with Gasteiger partial charge in [-0.15, -0.1) is 0 Å². The first-order valence-corrected chi connectivity index (χ1v) is 11.0. The summed E-state index contributed by atoms with van der Waals surface area (Å²) in [6.45, 7) is 3.55. The Bertz CT molecular complexity index is 1290. The predicted octanol–water partition coefficient (Wildman–Crippen LogP) is 5.50. The molecular weight excluding hydrogens is 370 g/mol. The Labute approximate surface area is 164 Å². The van der Waals surface area contributed by atoms with Crippen LogP contribution in [-0.2, 0) is 22.9 Å². The number of rotatable bonds is 5. The quantitative estimate of drug-likeness (QED) is 0.422. The van der Waals surface area contributed by atoms with Crippen LogP contribution in [0.3, 0.4) is 0 Å². The van der Waals surface area contributed by atoms with Crippen molar-refractivity contribution in [1.82, 2.24) is 4.57 Å². The number of benzene rings is 3. The number of sulfone groups is 1. The predicted molar refractivity (Wildman–Crippen MR) is 113 cm³/mol. The fraction of sp³-hybridized carbons (Fsp3) is 0.182. The first-order chi connectivity index (χ1) is 13.5. The van der Waals surface area contributed by atoms with Crippen molar-refractivity contribution in [3.8, 4) is 0 Å². The molecule has 0 saturated carbocycles. The summed E-state index contributed by atoms with van der Waals surface area (Å²) in [7, 11) is -3.20. The van der Waals surface area contributed by atoms with E-state index in [1.54, 1.807) is 24.3 Å². The van der Waals surface area contributed by atoms with Crippen molar-refractivity contribution in [2.24, 2.45) is 10.2 Å². The Morgan fingerprint density at radius 1 is 0.893 bits per heavy atom. The number of nitrogens with zero attached hydrogens (tertiary/aromatic N) is 3. The van der Waals surface area contributed by atoms with E-state index in [-0.39, 0.29) is 4.90 Å². The molecular formula is C22H21N3O2S. The lowest BCUT2D eigenvalue weighted by atomic mass is 10.1. The van der Waals surface area contributed by atoms with E-state index in [1.165, 1.54) is 28.1 Å². The zero-order chi connectivity index (χ0) is 19.7. The van der Waals surface area contributed by atoms with Gasteiger partial charge in [-0.3, -0.25) is 0 Å². The van der Waals surface area contributed by atoms with E-state index in [9.17, 15) is 8.42 Å². The third-order valence-corrected chi connectivity index (χ3v) is 5.99. The van der Waals surface area contributed by atoms with Gasteiger partial charge in [-0.2, -0.15) is 10.2 Å². The molecule has 0 aliphatic heterocycles. The number of aryl methyl sites for hydroxylation is 1. The van der Waals surface area contributed by atoms with E-state index in [4.69, 9.17) is 0 Å². The SMILES string of the molecule is CCn1c2ccccc2c2cc(CN=Nc3ccc(S(C)(=O)=O)cc3)ccc21. The normalized spacial score (nSPS) is 12.4. The molecule has 1 heterocycles. The van der Waals surface area contributed by atoms with Crippen molar-refractivity contribution in [3.05, 3.63) is 72.3 Å². The average molecular weight is 391 g/mol. The van der Waals surface area contributed by atoms with Gasteiger partial charge in [0.15, 0.2) is 9.84 Å². The van der Waals surface area contributed by atoms with E-state index < -0.39 is 9.84 Å². The van der Waals surface area contributed by atoms with Gasteiger partial charge in [-0.1, -0.05) is 24.3 Å². The van der Waals surface area contributed by atoms with Crippen LogP contribution in [0.2, 0.25) is 0 Å². The van der Waals surface area contributed by atoms with Gasteiger partial charge in [-0.25, -0.2) is 8.42 Å². The molecule has 0 N–H and O–H groups in total. The largest absolute Gasteiger partial charge is 0.341 e. The van der Waals surface area contributed by atoms with Crippen LogP contribution in [0.25, 0.3) is 21.8 Å². The number of aromatic nitrogens is 1. The van der Waals surface area contributed by atoms with Crippen molar-refractivity contribution in [1.29, 1.82) is 0 Å². The highest BCUT2D eigenvalue weighted by molar-refractivity contribution is 7.90. The Morgan fingerprint density at radius 3 is 2.32 bits per heavy atom. The molecule has 4 aromatic rings. The molecule has 0 fully saturated rings. The first-order valence-electron chi connectivity index (χ1n) is 9.15. The molecule has 0 atom stereocenters. The van der Waals surface area contributed by atoms with Crippen molar-refractivity contribution in [3.63, 3.8) is 0 Å². The highest BCUT2D eigenvalue weighted by Gasteiger charge is 2.09. The van der Waals surface area contributed by atoms with Crippen LogP contribution in [0.1, 0.15) is 12.5 Å². The molecule has 0 bridgehead atoms. The topological polar surface area (TPSA) is 63.8 Å². The van der Waals surface area contributed by atoms with Crippen LogP contribution >= 0.6 is 0 Å². The van der Waals surface area contributed by atoms with Gasteiger partial charge in [0.2, 0.25) is 0 Å². The maximum Gasteiger partial charge on any atom is 0.175 e. The molecule has 142 valence electrons. The van der Waals surface area contributed by atoms with E-state index in [0.717, 1.165) is 12.1 Å². The zero-order valence-electron chi connectivity index (χ0n) is 15.8. The zero-order valence-corrected chi connectivity index (χ0v) is 16.6. The first kappa shape index (κ1) is 18.4. The van der Waals surface area contributed by atoms with Gasteiger partial charge in [0, 0.05) is 34.6 Å². The molecule has 0 amide bonds. The van der Waals surface area contributed by atoms with Crippen LogP contribution < -0.4 is 0 Å². The molecule has 0 radical (unpaired) electrons. The number of hydrogen-bond donors (Lipinski definition) is 0. The minimum Gasteiger partial charge on any atom is -0.341 e. The van der Waals surface area contributed by atoms with Crippen LogP contribution in [0.4, 0.5) is 5.69 Å². The smallest absolute Gasteiger partial charge is 0.175 e. The lowest BCUT2D eigenvalue weighted by Gasteiger charge is -2.03. The van der Waals surface area contributed by atoms with E-state index in [1.807, 2.05) is 0 Å². The highest BCUT2D eigenvalue weighted by Crippen LogP contribution is 2.30. The second-order valence-corrected chi connectivity index (χ2v) is 8.79. The number of hydrogen-bond acceptors (Lipinski definition) is 4. The maximum atomic E-state index is 11.5. The summed E-state index contributed by atoms with van der Waals surface area (Å²) in [5.41, 5.74) is 4.18. The Kier molecular flexibility index (Phi) is 4.73. The van der Waals surface area contributed by atoms with Crippen LogP contribution in [0.5, 0.6) is 0 Å². The Hall–Kier alpha value is -2.99. The minimum absolute atomic E-state index is 0.282. The molecule has 3 aromatic carbocycles. The molecule has 28 heavy (non-hydrogen) atoms. The lowest BCUT2D eigenvalue weighted by Crippen LogP contribution is -1.95. The maximum absolute atomic E-state index is 11.5. The summed E-state index contributed by atoms with van der Waals surface area (Å²) in [5.74, 6) is 0. The van der Waals surface area contributed by atoms with Crippen molar-refractivity contribution < 1.29 is 8.42 Å². The fourth-order valence-corrected chi connectivity index (χ4v) is 4.13.